The van der Waals surface area contributed by atoms with Gasteiger partial charge in [-0.15, -0.1) is 0 Å². The highest BCUT2D eigenvalue weighted by Crippen LogP contribution is 2.24. The third-order valence-electron chi connectivity index (χ3n) is 3.98. The highest BCUT2D eigenvalue weighted by atomic mass is 35.5. The van der Waals surface area contributed by atoms with Crippen LogP contribution in [0.1, 0.15) is 57.0 Å². The molecular weight excluding hydrogens is 387 g/mol. The minimum Gasteiger partial charge on any atom is -0.496 e. The van der Waals surface area contributed by atoms with E-state index in [2.05, 4.69) is 25.8 Å². The summed E-state index contributed by atoms with van der Waals surface area (Å²) in [6, 6.07) is 4.84. The number of aryl methyl sites for hydroxylation is 1. The van der Waals surface area contributed by atoms with Crippen molar-refractivity contribution in [2.45, 2.75) is 58.7 Å². The Morgan fingerprint density at radius 1 is 1.30 bits per heavy atom. The van der Waals surface area contributed by atoms with E-state index in [1.807, 2.05) is 10.2 Å². The highest BCUT2D eigenvalue weighted by molar-refractivity contribution is 7.04. The molecule has 148 valence electrons. The molecule has 1 aromatic carbocycles. The summed E-state index contributed by atoms with van der Waals surface area (Å²) in [7, 11) is 1.49. The summed E-state index contributed by atoms with van der Waals surface area (Å²) in [5, 5.41) is 0.435. The van der Waals surface area contributed by atoms with E-state index in [-0.39, 0.29) is 5.54 Å². The molecule has 0 fully saturated rings. The fourth-order valence-electron chi connectivity index (χ4n) is 2.40. The van der Waals surface area contributed by atoms with E-state index in [9.17, 15) is 9.18 Å². The van der Waals surface area contributed by atoms with Crippen LogP contribution in [0.3, 0.4) is 0 Å². The third kappa shape index (κ3) is 5.91. The van der Waals surface area contributed by atoms with Crippen LogP contribution in [0.25, 0.3) is 0 Å². The van der Waals surface area contributed by atoms with Gasteiger partial charge in [-0.05, 0) is 77.2 Å². The number of aromatic nitrogens is 1. The molecule has 1 amide bonds. The lowest BCUT2D eigenvalue weighted by atomic mass is 10.0. The normalized spacial score (nSPS) is 13.1. The molecule has 0 spiro atoms. The molecule has 0 saturated heterocycles. The number of carbonyl (C=O) groups excluding carboxylic acids is 1. The lowest BCUT2D eigenvalue weighted by Gasteiger charge is -2.19. The maximum absolute atomic E-state index is 14.0. The monoisotopic (exact) mass is 412 g/mol. The molecule has 1 heterocycles. The van der Waals surface area contributed by atoms with Crippen molar-refractivity contribution in [1.82, 2.24) is 3.96 Å². The smallest absolute Gasteiger partial charge is 0.282 e. The van der Waals surface area contributed by atoms with Gasteiger partial charge in [0.2, 0.25) is 0 Å². The summed E-state index contributed by atoms with van der Waals surface area (Å²) in [5.41, 5.74) is -0.284. The van der Waals surface area contributed by atoms with Crippen LogP contribution in [0.15, 0.2) is 29.4 Å². The molecule has 0 aliphatic carbocycles. The fraction of sp³-hybridized carbons (Fsp3) is 0.500. The first-order chi connectivity index (χ1) is 12.4. The van der Waals surface area contributed by atoms with Crippen molar-refractivity contribution in [1.29, 1.82) is 0 Å². The number of carbonyl (C=O) groups is 1. The molecule has 7 heteroatoms. The number of amides is 1. The number of methoxy groups -OCH3 is 1. The quantitative estimate of drug-likeness (QED) is 0.660. The summed E-state index contributed by atoms with van der Waals surface area (Å²) in [6.45, 7) is 9.31. The molecule has 0 N–H and O–H groups in total. The number of benzene rings is 1. The SMILES string of the molecule is COc1ccc(Cl)cc1C(=O)N=c1sn(C(C)(C)C)cc1CCC(C)(C)F. The Hall–Kier alpha value is -1.66. The Kier molecular flexibility index (Phi) is 6.53. The van der Waals surface area contributed by atoms with E-state index in [1.165, 1.54) is 18.6 Å². The van der Waals surface area contributed by atoms with Crippen LogP contribution < -0.4 is 9.41 Å². The van der Waals surface area contributed by atoms with Crippen molar-refractivity contribution in [3.63, 3.8) is 0 Å². The molecule has 0 bridgehead atoms. The van der Waals surface area contributed by atoms with Crippen molar-refractivity contribution in [3.05, 3.63) is 45.2 Å². The first-order valence-corrected chi connectivity index (χ1v) is 9.90. The number of hydrogen-bond donors (Lipinski definition) is 0. The molecule has 1 aromatic heterocycles. The number of rotatable bonds is 5. The van der Waals surface area contributed by atoms with E-state index in [4.69, 9.17) is 16.3 Å². The first kappa shape index (κ1) is 21.6. The molecule has 0 aliphatic rings. The zero-order valence-corrected chi connectivity index (χ0v) is 18.2. The first-order valence-electron chi connectivity index (χ1n) is 8.74. The topological polar surface area (TPSA) is 43.6 Å². The molecule has 2 rings (SSSR count). The van der Waals surface area contributed by atoms with Crippen molar-refractivity contribution in [2.24, 2.45) is 4.99 Å². The molecule has 0 unspecified atom stereocenters. The standard InChI is InChI=1S/C20H26ClFN2O2S/c1-19(2,3)24-12-13(9-10-20(4,5)22)18(27-24)23-17(25)15-11-14(21)7-8-16(15)26-6/h7-8,11-12H,9-10H2,1-6H3. The van der Waals surface area contributed by atoms with Crippen LogP contribution >= 0.6 is 23.1 Å². The zero-order chi connectivity index (χ0) is 20.4. The Balaban J connectivity index is 2.50. The number of halogens is 2. The van der Waals surface area contributed by atoms with Gasteiger partial charge in [0.15, 0.2) is 0 Å². The maximum Gasteiger partial charge on any atom is 0.282 e. The predicted molar refractivity (Wildman–Crippen MR) is 109 cm³/mol. The third-order valence-corrected chi connectivity index (χ3v) is 5.59. The van der Waals surface area contributed by atoms with E-state index in [0.29, 0.717) is 33.8 Å². The predicted octanol–water partition coefficient (Wildman–Crippen LogP) is 5.39. The fourth-order valence-corrected chi connectivity index (χ4v) is 3.61. The average Bonchev–Trinajstić information content (AvgIpc) is 2.95. The molecule has 0 aliphatic heterocycles. The van der Waals surface area contributed by atoms with Gasteiger partial charge in [0, 0.05) is 22.3 Å². The van der Waals surface area contributed by atoms with Crippen LogP contribution in [0, 0.1) is 0 Å². The van der Waals surface area contributed by atoms with Crippen LogP contribution in [0.2, 0.25) is 5.02 Å². The van der Waals surface area contributed by atoms with Crippen molar-refractivity contribution >= 4 is 29.0 Å². The lowest BCUT2D eigenvalue weighted by Crippen LogP contribution is -2.18. The molecule has 0 atom stereocenters. The van der Waals surface area contributed by atoms with Crippen LogP contribution in [0.5, 0.6) is 5.75 Å². The minimum atomic E-state index is -1.29. The van der Waals surface area contributed by atoms with E-state index < -0.39 is 11.6 Å². The number of hydrogen-bond acceptors (Lipinski definition) is 3. The van der Waals surface area contributed by atoms with Gasteiger partial charge in [-0.1, -0.05) is 11.6 Å². The van der Waals surface area contributed by atoms with E-state index in [1.54, 1.807) is 32.0 Å². The minimum absolute atomic E-state index is 0.158. The van der Waals surface area contributed by atoms with Gasteiger partial charge in [0.25, 0.3) is 5.91 Å². The molecule has 0 radical (unpaired) electrons. The molecular formula is C20H26ClFN2O2S. The second-order valence-electron chi connectivity index (χ2n) is 8.03. The van der Waals surface area contributed by atoms with Gasteiger partial charge < -0.3 is 4.74 Å². The number of nitrogens with zero attached hydrogens (tertiary/aromatic N) is 2. The van der Waals surface area contributed by atoms with Crippen LogP contribution in [0.4, 0.5) is 4.39 Å². The van der Waals surface area contributed by atoms with Crippen molar-refractivity contribution < 1.29 is 13.9 Å². The van der Waals surface area contributed by atoms with Gasteiger partial charge in [-0.2, -0.15) is 4.99 Å². The molecule has 27 heavy (non-hydrogen) atoms. The Morgan fingerprint density at radius 2 is 1.96 bits per heavy atom. The molecule has 0 saturated carbocycles. The van der Waals surface area contributed by atoms with Gasteiger partial charge in [-0.25, -0.2) is 4.39 Å². The lowest BCUT2D eigenvalue weighted by molar-refractivity contribution is 0.0996. The van der Waals surface area contributed by atoms with Gasteiger partial charge >= 0.3 is 0 Å². The zero-order valence-electron chi connectivity index (χ0n) is 16.6. The van der Waals surface area contributed by atoms with Crippen molar-refractivity contribution in [2.75, 3.05) is 7.11 Å². The van der Waals surface area contributed by atoms with E-state index in [0.717, 1.165) is 5.56 Å². The highest BCUT2D eigenvalue weighted by Gasteiger charge is 2.20. The summed E-state index contributed by atoms with van der Waals surface area (Å²) < 4.78 is 21.9. The van der Waals surface area contributed by atoms with Crippen LogP contribution in [-0.2, 0) is 12.0 Å². The van der Waals surface area contributed by atoms with E-state index >= 15 is 0 Å². The van der Waals surface area contributed by atoms with Gasteiger partial charge in [0.1, 0.15) is 16.1 Å². The second kappa shape index (κ2) is 8.15. The van der Waals surface area contributed by atoms with Gasteiger partial charge in [-0.3, -0.25) is 8.75 Å². The number of alkyl halides is 1. The average molecular weight is 413 g/mol. The Morgan fingerprint density at radius 3 is 2.52 bits per heavy atom. The summed E-state index contributed by atoms with van der Waals surface area (Å²) >= 11 is 7.41. The second-order valence-corrected chi connectivity index (χ2v) is 9.43. The molecule has 4 nitrogen and oxygen atoms in total. The van der Waals surface area contributed by atoms with Gasteiger partial charge in [0.05, 0.1) is 12.7 Å². The molecule has 2 aromatic rings. The largest absolute Gasteiger partial charge is 0.496 e. The summed E-state index contributed by atoms with van der Waals surface area (Å²) in [5.74, 6) is -0.0159. The summed E-state index contributed by atoms with van der Waals surface area (Å²) in [6.07, 6.45) is 2.81. The summed E-state index contributed by atoms with van der Waals surface area (Å²) in [4.78, 5) is 17.1. The Bertz CT molecular complexity index is 889. The maximum atomic E-state index is 14.0. The Labute approximate surface area is 168 Å². The van der Waals surface area contributed by atoms with Crippen LogP contribution in [-0.4, -0.2) is 22.6 Å². The number of ether oxygens (including phenoxy) is 1. The van der Waals surface area contributed by atoms with Crippen molar-refractivity contribution in [3.8, 4) is 5.75 Å².